The van der Waals surface area contributed by atoms with Gasteiger partial charge in [-0.1, -0.05) is 18.9 Å². The number of nitrogens with one attached hydrogen (secondary N) is 1. The first-order valence-electron chi connectivity index (χ1n) is 12.7. The van der Waals surface area contributed by atoms with E-state index in [0.29, 0.717) is 12.1 Å². The highest BCUT2D eigenvalue weighted by Gasteiger charge is 2.41. The molecule has 0 radical (unpaired) electrons. The molecular weight excluding hydrogens is 440 g/mol. The molecule has 6 heteroatoms. The summed E-state index contributed by atoms with van der Waals surface area (Å²) in [5.74, 6) is 0.943. The first kappa shape index (κ1) is 21.7. The molecule has 34 heavy (non-hydrogen) atoms. The van der Waals surface area contributed by atoms with Gasteiger partial charge >= 0.3 is 0 Å². The normalized spacial score (nSPS) is 23.5. The molecule has 0 unspecified atom stereocenters. The average Bonchev–Trinajstić information content (AvgIpc) is 3.66. The second-order valence-electron chi connectivity index (χ2n) is 9.85. The predicted octanol–water partition coefficient (Wildman–Crippen LogP) is 6.50. The lowest BCUT2D eigenvalue weighted by atomic mass is 9.98. The summed E-state index contributed by atoms with van der Waals surface area (Å²) < 4.78 is 8.61. The van der Waals surface area contributed by atoms with E-state index in [4.69, 9.17) is 17.0 Å². The molecule has 1 aromatic carbocycles. The highest BCUT2D eigenvalue weighted by molar-refractivity contribution is 7.80. The predicted molar refractivity (Wildman–Crippen MR) is 139 cm³/mol. The van der Waals surface area contributed by atoms with E-state index in [1.165, 1.54) is 44.1 Å². The Bertz CT molecular complexity index is 1120. The summed E-state index contributed by atoms with van der Waals surface area (Å²) in [4.78, 5) is 6.93. The fourth-order valence-corrected chi connectivity index (χ4v) is 6.24. The molecule has 176 valence electrons. The largest absolute Gasteiger partial charge is 0.490 e. The van der Waals surface area contributed by atoms with Crippen molar-refractivity contribution in [3.63, 3.8) is 0 Å². The standard InChI is InChI=1S/C28H32N4OS/c34-28-30-26(25-11-5-6-17-29-25)27(20-16-18-31(19-20)21-7-1-2-8-21)32(28)22-12-14-24(15-13-22)33-23-9-3-4-10-23/h5-6,11-19,21,23,26-27H,1-4,7-10H2,(H,30,34)/t26-,27+/m1/s1. The lowest BCUT2D eigenvalue weighted by molar-refractivity contribution is 0.210. The molecule has 1 N–H and O–H groups in total. The van der Waals surface area contributed by atoms with Gasteiger partial charge in [-0.05, 0) is 98.8 Å². The van der Waals surface area contributed by atoms with Crippen LogP contribution in [-0.4, -0.2) is 20.8 Å². The minimum absolute atomic E-state index is 0.0115. The molecule has 0 bridgehead atoms. The van der Waals surface area contributed by atoms with Crippen LogP contribution in [0, 0.1) is 0 Å². The maximum atomic E-state index is 6.20. The van der Waals surface area contributed by atoms with Crippen LogP contribution in [0.3, 0.4) is 0 Å². The minimum atomic E-state index is -0.0115. The fraction of sp³-hybridized carbons (Fsp3) is 0.429. The molecule has 2 aliphatic carbocycles. The van der Waals surface area contributed by atoms with Crippen LogP contribution in [0.4, 0.5) is 5.69 Å². The van der Waals surface area contributed by atoms with Gasteiger partial charge in [-0.3, -0.25) is 4.98 Å². The third kappa shape index (κ3) is 4.20. The third-order valence-corrected chi connectivity index (χ3v) is 7.96. The van der Waals surface area contributed by atoms with Crippen molar-refractivity contribution in [2.75, 3.05) is 4.90 Å². The van der Waals surface area contributed by atoms with E-state index in [1.807, 2.05) is 18.3 Å². The van der Waals surface area contributed by atoms with Crippen molar-refractivity contribution in [1.82, 2.24) is 14.9 Å². The molecule has 3 aliphatic rings. The number of pyridine rings is 1. The number of hydrogen-bond acceptors (Lipinski definition) is 3. The molecule has 3 fully saturated rings. The molecule has 6 rings (SSSR count). The first-order valence-corrected chi connectivity index (χ1v) is 13.1. The van der Waals surface area contributed by atoms with Crippen LogP contribution in [0.2, 0.25) is 0 Å². The van der Waals surface area contributed by atoms with E-state index < -0.39 is 0 Å². The number of rotatable bonds is 6. The van der Waals surface area contributed by atoms with Crippen molar-refractivity contribution in [2.24, 2.45) is 0 Å². The molecule has 0 amide bonds. The van der Waals surface area contributed by atoms with Crippen LogP contribution in [0.15, 0.2) is 67.1 Å². The number of anilines is 1. The fourth-order valence-electron chi connectivity index (χ4n) is 5.89. The molecule has 3 heterocycles. The number of nitrogens with zero attached hydrogens (tertiary/aromatic N) is 3. The summed E-state index contributed by atoms with van der Waals surface area (Å²) in [6.45, 7) is 0. The van der Waals surface area contributed by atoms with E-state index in [0.717, 1.165) is 35.1 Å². The Morgan fingerprint density at radius 3 is 2.41 bits per heavy atom. The van der Waals surface area contributed by atoms with E-state index in [1.54, 1.807) is 0 Å². The zero-order valence-corrected chi connectivity index (χ0v) is 20.3. The molecule has 2 aromatic heterocycles. The summed E-state index contributed by atoms with van der Waals surface area (Å²) in [7, 11) is 0. The monoisotopic (exact) mass is 472 g/mol. The van der Waals surface area contributed by atoms with Gasteiger partial charge in [0.25, 0.3) is 0 Å². The van der Waals surface area contributed by atoms with Crippen molar-refractivity contribution >= 4 is 23.0 Å². The number of aromatic nitrogens is 2. The van der Waals surface area contributed by atoms with Crippen LogP contribution in [0.25, 0.3) is 0 Å². The Morgan fingerprint density at radius 1 is 0.912 bits per heavy atom. The summed E-state index contributed by atoms with van der Waals surface area (Å²) in [5.41, 5.74) is 3.35. The highest BCUT2D eigenvalue weighted by Crippen LogP contribution is 2.43. The first-order chi connectivity index (χ1) is 16.8. The SMILES string of the molecule is S=C1N[C@H](c2ccccn2)[C@H](c2ccn(C3CCCC3)c2)N1c1ccc(OC2CCCC2)cc1. The van der Waals surface area contributed by atoms with Crippen LogP contribution < -0.4 is 15.0 Å². The number of benzene rings is 1. The number of thiocarbonyl (C=S) groups is 1. The summed E-state index contributed by atoms with van der Waals surface area (Å²) in [6, 6.07) is 17.5. The maximum absolute atomic E-state index is 6.20. The van der Waals surface area contributed by atoms with E-state index >= 15 is 0 Å². The smallest absolute Gasteiger partial charge is 0.174 e. The van der Waals surface area contributed by atoms with Crippen LogP contribution in [0.1, 0.15) is 80.7 Å². The van der Waals surface area contributed by atoms with Gasteiger partial charge in [0.05, 0.1) is 23.9 Å². The van der Waals surface area contributed by atoms with Crippen molar-refractivity contribution in [3.05, 3.63) is 78.4 Å². The Hall–Kier alpha value is -2.86. The van der Waals surface area contributed by atoms with E-state index in [2.05, 4.69) is 68.6 Å². The summed E-state index contributed by atoms with van der Waals surface area (Å²) in [6.07, 6.45) is 16.8. The van der Waals surface area contributed by atoms with Gasteiger partial charge < -0.3 is 19.5 Å². The molecule has 5 nitrogen and oxygen atoms in total. The summed E-state index contributed by atoms with van der Waals surface area (Å²) >= 11 is 5.89. The molecule has 1 aliphatic heterocycles. The lowest BCUT2D eigenvalue weighted by Crippen LogP contribution is -2.29. The van der Waals surface area contributed by atoms with Crippen molar-refractivity contribution in [1.29, 1.82) is 0 Å². The highest BCUT2D eigenvalue weighted by atomic mass is 32.1. The Balaban J connectivity index is 1.32. The second kappa shape index (κ2) is 9.41. The molecule has 1 saturated heterocycles. The molecule has 3 aromatic rings. The van der Waals surface area contributed by atoms with Crippen LogP contribution in [-0.2, 0) is 0 Å². The van der Waals surface area contributed by atoms with E-state index in [9.17, 15) is 0 Å². The average molecular weight is 473 g/mol. The van der Waals surface area contributed by atoms with Gasteiger partial charge in [-0.2, -0.15) is 0 Å². The minimum Gasteiger partial charge on any atom is -0.490 e. The number of hydrogen-bond donors (Lipinski definition) is 1. The van der Waals surface area contributed by atoms with Crippen molar-refractivity contribution in [2.45, 2.75) is 75.6 Å². The lowest BCUT2D eigenvalue weighted by Gasteiger charge is -2.27. The zero-order valence-electron chi connectivity index (χ0n) is 19.5. The van der Waals surface area contributed by atoms with Gasteiger partial charge in [0.15, 0.2) is 5.11 Å². The quantitative estimate of drug-likeness (QED) is 0.415. The topological polar surface area (TPSA) is 42.3 Å². The van der Waals surface area contributed by atoms with Gasteiger partial charge in [0.2, 0.25) is 0 Å². The van der Waals surface area contributed by atoms with Gasteiger partial charge in [-0.15, -0.1) is 0 Å². The van der Waals surface area contributed by atoms with Gasteiger partial charge in [0.1, 0.15) is 5.75 Å². The molecule has 0 spiro atoms. The maximum Gasteiger partial charge on any atom is 0.174 e. The molecular formula is C28H32N4OS. The summed E-state index contributed by atoms with van der Waals surface area (Å²) in [5, 5.41) is 4.31. The Labute approximate surface area is 207 Å². The van der Waals surface area contributed by atoms with Gasteiger partial charge in [0, 0.05) is 30.3 Å². The Morgan fingerprint density at radius 2 is 1.68 bits per heavy atom. The molecule has 2 saturated carbocycles. The third-order valence-electron chi connectivity index (χ3n) is 7.64. The molecule has 2 atom stereocenters. The zero-order chi connectivity index (χ0) is 22.9. The Kier molecular flexibility index (Phi) is 6.00. The van der Waals surface area contributed by atoms with Crippen LogP contribution >= 0.6 is 12.2 Å². The van der Waals surface area contributed by atoms with Crippen molar-refractivity contribution < 1.29 is 4.74 Å². The second-order valence-corrected chi connectivity index (χ2v) is 10.2. The van der Waals surface area contributed by atoms with Crippen molar-refractivity contribution in [3.8, 4) is 5.75 Å². The number of ether oxygens (including phenoxy) is 1. The van der Waals surface area contributed by atoms with Crippen LogP contribution in [0.5, 0.6) is 5.75 Å². The van der Waals surface area contributed by atoms with E-state index in [-0.39, 0.29) is 12.1 Å². The van der Waals surface area contributed by atoms with Gasteiger partial charge in [-0.25, -0.2) is 0 Å².